The number of rotatable bonds is 6. The smallest absolute Gasteiger partial charge is 0.295 e. The van der Waals surface area contributed by atoms with E-state index in [1.54, 1.807) is 30.3 Å². The van der Waals surface area contributed by atoms with Crippen LogP contribution in [0.4, 0.5) is 0 Å². The van der Waals surface area contributed by atoms with E-state index < -0.39 is 17.7 Å². The van der Waals surface area contributed by atoms with Gasteiger partial charge in [-0.25, -0.2) is 0 Å². The van der Waals surface area contributed by atoms with Gasteiger partial charge in [0.2, 0.25) is 6.79 Å². The fourth-order valence-electron chi connectivity index (χ4n) is 3.66. The number of hydrogen-bond acceptors (Lipinski definition) is 6. The van der Waals surface area contributed by atoms with E-state index in [4.69, 9.17) is 13.9 Å². The summed E-state index contributed by atoms with van der Waals surface area (Å²) in [7, 11) is 4.05. The molecule has 3 heterocycles. The predicted octanol–water partition coefficient (Wildman–Crippen LogP) is 0.965. The summed E-state index contributed by atoms with van der Waals surface area (Å²) < 4.78 is 16.2. The van der Waals surface area contributed by atoms with E-state index in [2.05, 4.69) is 0 Å². The van der Waals surface area contributed by atoms with Crippen molar-refractivity contribution in [2.45, 2.75) is 12.5 Å². The second-order valence-electron chi connectivity index (χ2n) is 7.39. The standard InChI is InChI=1S/C21H22N2O6/c1-22(2)8-4-9-23-18(15-5-3-10-27-15)17(20(25)21(23)26)19(24)13-6-7-14-16(11-13)29-12-28-14/h3,5-7,10-11,18,24H,4,8-9,12H2,1-2H3/p+1/b19-17-/t18-/m1/s1. The van der Waals surface area contributed by atoms with Crippen molar-refractivity contribution in [1.29, 1.82) is 0 Å². The zero-order valence-electron chi connectivity index (χ0n) is 16.3. The van der Waals surface area contributed by atoms with E-state index in [9.17, 15) is 14.7 Å². The zero-order chi connectivity index (χ0) is 20.5. The zero-order valence-corrected chi connectivity index (χ0v) is 16.3. The number of benzene rings is 1. The quantitative estimate of drug-likeness (QED) is 0.427. The Morgan fingerprint density at radius 3 is 2.72 bits per heavy atom. The first-order valence-corrected chi connectivity index (χ1v) is 9.48. The highest BCUT2D eigenvalue weighted by molar-refractivity contribution is 6.46. The number of nitrogens with zero attached hydrogens (tertiary/aromatic N) is 1. The molecule has 2 aliphatic rings. The largest absolute Gasteiger partial charge is 0.507 e. The van der Waals surface area contributed by atoms with Gasteiger partial charge in [-0.2, -0.15) is 0 Å². The molecule has 1 amide bonds. The summed E-state index contributed by atoms with van der Waals surface area (Å²) >= 11 is 0. The Labute approximate surface area is 167 Å². The SMILES string of the molecule is C[NH+](C)CCCN1C(=O)C(=O)/C(=C(\O)c2ccc3c(c2)OCO3)[C@H]1c1ccco1. The number of fused-ring (bicyclic) bond motifs is 1. The molecule has 1 saturated heterocycles. The number of likely N-dealkylation sites (tertiary alicyclic amines) is 1. The van der Waals surface area contributed by atoms with Crippen molar-refractivity contribution in [2.75, 3.05) is 34.0 Å². The predicted molar refractivity (Wildman–Crippen MR) is 103 cm³/mol. The maximum absolute atomic E-state index is 12.9. The Bertz CT molecular complexity index is 964. The van der Waals surface area contributed by atoms with Gasteiger partial charge in [0.25, 0.3) is 11.7 Å². The molecule has 0 radical (unpaired) electrons. The van der Waals surface area contributed by atoms with Crippen LogP contribution in [0.5, 0.6) is 11.5 Å². The molecule has 2 aromatic rings. The van der Waals surface area contributed by atoms with Crippen molar-refractivity contribution in [3.63, 3.8) is 0 Å². The number of amides is 1. The number of nitrogens with one attached hydrogen (secondary N) is 1. The fourth-order valence-corrected chi connectivity index (χ4v) is 3.66. The normalized spacial score (nSPS) is 20.1. The second-order valence-corrected chi connectivity index (χ2v) is 7.39. The first kappa shape index (κ1) is 19.1. The monoisotopic (exact) mass is 399 g/mol. The number of aliphatic hydroxyl groups is 1. The van der Waals surface area contributed by atoms with Crippen LogP contribution in [0.1, 0.15) is 23.8 Å². The summed E-state index contributed by atoms with van der Waals surface area (Å²) in [6.45, 7) is 1.33. The lowest BCUT2D eigenvalue weighted by molar-refractivity contribution is -0.858. The van der Waals surface area contributed by atoms with Crippen molar-refractivity contribution in [1.82, 2.24) is 4.90 Å². The van der Waals surface area contributed by atoms with E-state index in [-0.39, 0.29) is 18.1 Å². The third-order valence-corrected chi connectivity index (χ3v) is 5.07. The molecule has 152 valence electrons. The molecule has 0 unspecified atom stereocenters. The van der Waals surface area contributed by atoms with Crippen molar-refractivity contribution in [2.24, 2.45) is 0 Å². The molecule has 1 fully saturated rings. The highest BCUT2D eigenvalue weighted by Gasteiger charge is 2.47. The fraction of sp³-hybridized carbons (Fsp3) is 0.333. The van der Waals surface area contributed by atoms with Crippen LogP contribution >= 0.6 is 0 Å². The number of hydrogen-bond donors (Lipinski definition) is 2. The minimum atomic E-state index is -0.771. The molecule has 0 spiro atoms. The lowest BCUT2D eigenvalue weighted by Crippen LogP contribution is -3.05. The second kappa shape index (κ2) is 7.63. The summed E-state index contributed by atoms with van der Waals surface area (Å²) in [6.07, 6.45) is 2.20. The van der Waals surface area contributed by atoms with Gasteiger partial charge in [0.15, 0.2) is 11.5 Å². The van der Waals surface area contributed by atoms with Gasteiger partial charge in [0.1, 0.15) is 17.6 Å². The number of ketones is 1. The lowest BCUT2D eigenvalue weighted by Gasteiger charge is -2.23. The number of ether oxygens (including phenoxy) is 2. The molecular formula is C21H23N2O6+. The molecule has 4 rings (SSSR count). The van der Waals surface area contributed by atoms with Crippen LogP contribution in [-0.4, -0.2) is 55.7 Å². The highest BCUT2D eigenvalue weighted by atomic mass is 16.7. The molecule has 1 aromatic carbocycles. The average Bonchev–Trinajstić information content (AvgIpc) is 3.43. The Hall–Kier alpha value is -3.26. The van der Waals surface area contributed by atoms with Gasteiger partial charge in [-0.05, 0) is 30.3 Å². The highest BCUT2D eigenvalue weighted by Crippen LogP contribution is 2.41. The van der Waals surface area contributed by atoms with Crippen molar-refractivity contribution in [3.05, 3.63) is 53.5 Å². The summed E-state index contributed by atoms with van der Waals surface area (Å²) in [5, 5.41) is 11.0. The molecule has 1 aromatic heterocycles. The minimum absolute atomic E-state index is 0.0148. The minimum Gasteiger partial charge on any atom is -0.507 e. The van der Waals surface area contributed by atoms with Gasteiger partial charge in [-0.3, -0.25) is 9.59 Å². The first-order chi connectivity index (χ1) is 14.0. The number of carbonyl (C=O) groups is 2. The summed E-state index contributed by atoms with van der Waals surface area (Å²) in [5.74, 6) is -0.142. The van der Waals surface area contributed by atoms with Gasteiger partial charge in [0, 0.05) is 18.5 Å². The first-order valence-electron chi connectivity index (χ1n) is 9.48. The molecule has 0 saturated carbocycles. The Kier molecular flexibility index (Phi) is 5.02. The van der Waals surface area contributed by atoms with Crippen molar-refractivity contribution >= 4 is 17.4 Å². The van der Waals surface area contributed by atoms with E-state index in [0.29, 0.717) is 29.4 Å². The van der Waals surface area contributed by atoms with E-state index >= 15 is 0 Å². The average molecular weight is 399 g/mol. The van der Waals surface area contributed by atoms with Crippen LogP contribution in [0.2, 0.25) is 0 Å². The van der Waals surface area contributed by atoms with Crippen molar-refractivity contribution < 1.29 is 33.5 Å². The summed E-state index contributed by atoms with van der Waals surface area (Å²) in [4.78, 5) is 28.3. The molecule has 29 heavy (non-hydrogen) atoms. The molecule has 1 atom stereocenters. The number of quaternary nitrogens is 1. The van der Waals surface area contributed by atoms with Crippen LogP contribution in [0, 0.1) is 0 Å². The lowest BCUT2D eigenvalue weighted by atomic mass is 9.99. The van der Waals surface area contributed by atoms with Gasteiger partial charge in [-0.15, -0.1) is 0 Å². The molecular weight excluding hydrogens is 376 g/mol. The topological polar surface area (TPSA) is 93.7 Å². The van der Waals surface area contributed by atoms with Crippen molar-refractivity contribution in [3.8, 4) is 11.5 Å². The van der Waals surface area contributed by atoms with Gasteiger partial charge >= 0.3 is 0 Å². The van der Waals surface area contributed by atoms with Gasteiger partial charge in [-0.1, -0.05) is 0 Å². The number of furan rings is 1. The van der Waals surface area contributed by atoms with Crippen LogP contribution in [0.3, 0.4) is 0 Å². The van der Waals surface area contributed by atoms with Crippen LogP contribution in [0.25, 0.3) is 5.76 Å². The maximum Gasteiger partial charge on any atom is 0.295 e. The Morgan fingerprint density at radius 1 is 1.21 bits per heavy atom. The van der Waals surface area contributed by atoms with E-state index in [0.717, 1.165) is 13.0 Å². The molecule has 2 N–H and O–H groups in total. The molecule has 2 aliphatic heterocycles. The number of aliphatic hydroxyl groups excluding tert-OH is 1. The Balaban J connectivity index is 1.74. The molecule has 0 aliphatic carbocycles. The number of Topliss-reactive ketones (excluding diaryl/α,β-unsaturated/α-hetero) is 1. The Morgan fingerprint density at radius 2 is 2.00 bits per heavy atom. The molecule has 8 heteroatoms. The molecule has 0 bridgehead atoms. The van der Waals surface area contributed by atoms with Crippen LogP contribution < -0.4 is 14.4 Å². The van der Waals surface area contributed by atoms with Gasteiger partial charge in [0.05, 0.1) is 32.5 Å². The third-order valence-electron chi connectivity index (χ3n) is 5.07. The van der Waals surface area contributed by atoms with E-state index in [1.807, 2.05) is 14.1 Å². The van der Waals surface area contributed by atoms with E-state index in [1.165, 1.54) is 16.1 Å². The summed E-state index contributed by atoms with van der Waals surface area (Å²) in [6, 6.07) is 7.51. The molecule has 8 nitrogen and oxygen atoms in total. The van der Waals surface area contributed by atoms with Crippen LogP contribution in [0.15, 0.2) is 46.6 Å². The number of carbonyl (C=O) groups excluding carboxylic acids is 2. The third kappa shape index (κ3) is 3.47. The summed E-state index contributed by atoms with van der Waals surface area (Å²) in [5.41, 5.74) is 0.391. The maximum atomic E-state index is 12.9. The van der Waals surface area contributed by atoms with Gasteiger partial charge < -0.3 is 28.8 Å². The van der Waals surface area contributed by atoms with Crippen LogP contribution in [-0.2, 0) is 9.59 Å².